The van der Waals surface area contributed by atoms with Crippen molar-refractivity contribution < 1.29 is 14.5 Å². The molecule has 0 N–H and O–H groups in total. The second-order valence-corrected chi connectivity index (χ2v) is 8.16. The Hall–Kier alpha value is -3.10. The molecule has 0 atom stereocenters. The van der Waals surface area contributed by atoms with Crippen LogP contribution in [0.5, 0.6) is 0 Å². The number of piperazine rings is 1. The van der Waals surface area contributed by atoms with Crippen molar-refractivity contribution in [2.45, 2.75) is 0 Å². The van der Waals surface area contributed by atoms with Crippen molar-refractivity contribution in [2.75, 3.05) is 62.3 Å². The molecule has 8 nitrogen and oxygen atoms in total. The average molecular weight is 457 g/mol. The minimum Gasteiger partial charge on any atom is -0.378 e. The van der Waals surface area contributed by atoms with E-state index in [0.29, 0.717) is 63.2 Å². The van der Waals surface area contributed by atoms with Crippen molar-refractivity contribution in [2.24, 2.45) is 0 Å². The van der Waals surface area contributed by atoms with Gasteiger partial charge in [0.2, 0.25) is 5.91 Å². The lowest BCUT2D eigenvalue weighted by molar-refractivity contribution is -0.384. The molecule has 2 aliphatic heterocycles. The third kappa shape index (κ3) is 5.20. The van der Waals surface area contributed by atoms with Crippen LogP contribution in [-0.2, 0) is 9.53 Å². The van der Waals surface area contributed by atoms with E-state index in [2.05, 4.69) is 4.90 Å². The van der Waals surface area contributed by atoms with E-state index < -0.39 is 0 Å². The number of rotatable bonds is 5. The molecule has 0 aromatic heterocycles. The molecule has 0 unspecified atom stereocenters. The molecule has 2 aliphatic rings. The highest BCUT2D eigenvalue weighted by atomic mass is 35.5. The molecule has 1 amide bonds. The number of benzene rings is 2. The summed E-state index contributed by atoms with van der Waals surface area (Å²) in [5, 5.41) is 12.2. The molecule has 168 valence electrons. The molecule has 2 saturated heterocycles. The van der Waals surface area contributed by atoms with Crippen molar-refractivity contribution in [3.05, 3.63) is 69.2 Å². The predicted octanol–water partition coefficient (Wildman–Crippen LogP) is 3.45. The van der Waals surface area contributed by atoms with Gasteiger partial charge in [0, 0.05) is 62.1 Å². The molecule has 32 heavy (non-hydrogen) atoms. The van der Waals surface area contributed by atoms with E-state index >= 15 is 0 Å². The fourth-order valence-corrected chi connectivity index (χ4v) is 4.08. The summed E-state index contributed by atoms with van der Waals surface area (Å²) in [6.07, 6.45) is 3.37. The monoisotopic (exact) mass is 456 g/mol. The highest BCUT2D eigenvalue weighted by molar-refractivity contribution is 6.30. The van der Waals surface area contributed by atoms with Crippen LogP contribution >= 0.6 is 11.6 Å². The second-order valence-electron chi connectivity index (χ2n) is 7.73. The highest BCUT2D eigenvalue weighted by Crippen LogP contribution is 2.33. The van der Waals surface area contributed by atoms with Crippen LogP contribution in [0.15, 0.2) is 48.5 Å². The fourth-order valence-electron chi connectivity index (χ4n) is 3.95. The Morgan fingerprint density at radius 2 is 1.66 bits per heavy atom. The summed E-state index contributed by atoms with van der Waals surface area (Å²) in [6, 6.07) is 12.6. The standard InChI is InChI=1S/C23H25ClN4O4/c24-19-4-1-18(2-5-19)3-8-23(29)27-11-9-25(10-12-27)20-6-7-21(28(30)31)22(17-20)26-13-15-32-16-14-26/h1-8,17H,9-16H2. The number of amides is 1. The molecule has 4 rings (SSSR count). The Morgan fingerprint density at radius 1 is 0.969 bits per heavy atom. The molecule has 2 fully saturated rings. The Morgan fingerprint density at radius 3 is 2.31 bits per heavy atom. The van der Waals surface area contributed by atoms with Crippen molar-refractivity contribution >= 4 is 40.6 Å². The van der Waals surface area contributed by atoms with E-state index in [9.17, 15) is 14.9 Å². The van der Waals surface area contributed by atoms with Crippen LogP contribution in [0.4, 0.5) is 17.1 Å². The second kappa shape index (κ2) is 10.0. The summed E-state index contributed by atoms with van der Waals surface area (Å²) in [4.78, 5) is 29.7. The minimum absolute atomic E-state index is 0.0303. The third-order valence-corrected chi connectivity index (χ3v) is 6.00. The van der Waals surface area contributed by atoms with Gasteiger partial charge in [0.05, 0.1) is 18.1 Å². The summed E-state index contributed by atoms with van der Waals surface area (Å²) in [5.74, 6) is -0.0303. The van der Waals surface area contributed by atoms with Crippen LogP contribution in [0, 0.1) is 10.1 Å². The number of nitro benzene ring substituents is 1. The minimum atomic E-state index is -0.335. The van der Waals surface area contributed by atoms with E-state index in [-0.39, 0.29) is 16.5 Å². The number of carbonyl (C=O) groups is 1. The zero-order chi connectivity index (χ0) is 22.5. The number of halogens is 1. The maximum Gasteiger partial charge on any atom is 0.292 e. The number of nitro groups is 1. The molecule has 0 aliphatic carbocycles. The topological polar surface area (TPSA) is 79.2 Å². The van der Waals surface area contributed by atoms with Crippen molar-refractivity contribution in [3.63, 3.8) is 0 Å². The molecule has 9 heteroatoms. The van der Waals surface area contributed by atoms with Gasteiger partial charge in [0.1, 0.15) is 5.69 Å². The van der Waals surface area contributed by atoms with Gasteiger partial charge in [-0.3, -0.25) is 14.9 Å². The first-order valence-electron chi connectivity index (χ1n) is 10.6. The SMILES string of the molecule is O=C(C=Cc1ccc(Cl)cc1)N1CCN(c2ccc([N+](=O)[O-])c(N3CCOCC3)c2)CC1. The lowest BCUT2D eigenvalue weighted by Gasteiger charge is -2.36. The first kappa shape index (κ1) is 22.1. The summed E-state index contributed by atoms with van der Waals surface area (Å²) in [7, 11) is 0. The van der Waals surface area contributed by atoms with E-state index in [1.807, 2.05) is 28.0 Å². The number of ether oxygens (including phenoxy) is 1. The predicted molar refractivity (Wildman–Crippen MR) is 125 cm³/mol. The Labute approximate surface area is 191 Å². The van der Waals surface area contributed by atoms with Gasteiger partial charge in [-0.25, -0.2) is 0 Å². The van der Waals surface area contributed by atoms with Gasteiger partial charge in [-0.15, -0.1) is 0 Å². The highest BCUT2D eigenvalue weighted by Gasteiger charge is 2.25. The molecule has 2 aromatic carbocycles. The number of nitrogens with zero attached hydrogens (tertiary/aromatic N) is 4. The van der Waals surface area contributed by atoms with E-state index in [1.54, 1.807) is 36.4 Å². The van der Waals surface area contributed by atoms with Gasteiger partial charge in [0.15, 0.2) is 0 Å². The van der Waals surface area contributed by atoms with E-state index in [0.717, 1.165) is 11.3 Å². The van der Waals surface area contributed by atoms with Crippen molar-refractivity contribution in [3.8, 4) is 0 Å². The molecule has 0 saturated carbocycles. The lowest BCUT2D eigenvalue weighted by Crippen LogP contribution is -2.48. The quantitative estimate of drug-likeness (QED) is 0.389. The van der Waals surface area contributed by atoms with Crippen LogP contribution in [-0.4, -0.2) is 68.2 Å². The largest absolute Gasteiger partial charge is 0.378 e. The molecular formula is C23H25ClN4O4. The smallest absolute Gasteiger partial charge is 0.292 e. The zero-order valence-corrected chi connectivity index (χ0v) is 18.4. The van der Waals surface area contributed by atoms with Gasteiger partial charge in [-0.1, -0.05) is 23.7 Å². The molecule has 2 aromatic rings. The Kier molecular flexibility index (Phi) is 6.92. The Balaban J connectivity index is 1.40. The number of anilines is 2. The molecule has 2 heterocycles. The first-order chi connectivity index (χ1) is 15.5. The van der Waals surface area contributed by atoms with Gasteiger partial charge >= 0.3 is 0 Å². The number of hydrogen-bond acceptors (Lipinski definition) is 6. The fraction of sp³-hybridized carbons (Fsp3) is 0.348. The van der Waals surface area contributed by atoms with Gasteiger partial charge in [-0.05, 0) is 35.9 Å². The maximum absolute atomic E-state index is 12.6. The number of morpholine rings is 1. The van der Waals surface area contributed by atoms with Crippen LogP contribution < -0.4 is 9.80 Å². The molecule has 0 spiro atoms. The summed E-state index contributed by atoms with van der Waals surface area (Å²) < 4.78 is 5.38. The molecule has 0 bridgehead atoms. The molecule has 0 radical (unpaired) electrons. The number of hydrogen-bond donors (Lipinski definition) is 0. The van der Waals surface area contributed by atoms with E-state index in [1.165, 1.54) is 0 Å². The summed E-state index contributed by atoms with van der Waals surface area (Å²) >= 11 is 5.89. The molecular weight excluding hydrogens is 432 g/mol. The number of carbonyl (C=O) groups excluding carboxylic acids is 1. The van der Waals surface area contributed by atoms with E-state index in [4.69, 9.17) is 16.3 Å². The van der Waals surface area contributed by atoms with Gasteiger partial charge in [0.25, 0.3) is 5.69 Å². The summed E-state index contributed by atoms with van der Waals surface area (Å²) in [6.45, 7) is 4.90. The van der Waals surface area contributed by atoms with Crippen molar-refractivity contribution in [1.29, 1.82) is 0 Å². The maximum atomic E-state index is 12.6. The third-order valence-electron chi connectivity index (χ3n) is 5.75. The van der Waals surface area contributed by atoms with Crippen LogP contribution in [0.25, 0.3) is 6.08 Å². The van der Waals surface area contributed by atoms with Gasteiger partial charge < -0.3 is 19.4 Å². The lowest BCUT2D eigenvalue weighted by atomic mass is 10.1. The first-order valence-corrected chi connectivity index (χ1v) is 11.0. The van der Waals surface area contributed by atoms with Crippen LogP contribution in [0.1, 0.15) is 5.56 Å². The normalized spacial score (nSPS) is 17.1. The zero-order valence-electron chi connectivity index (χ0n) is 17.7. The average Bonchev–Trinajstić information content (AvgIpc) is 2.83. The van der Waals surface area contributed by atoms with Gasteiger partial charge in [-0.2, -0.15) is 0 Å². The van der Waals surface area contributed by atoms with Crippen LogP contribution in [0.3, 0.4) is 0 Å². The van der Waals surface area contributed by atoms with Crippen LogP contribution in [0.2, 0.25) is 5.02 Å². The Bertz CT molecular complexity index is 998. The summed E-state index contributed by atoms with van der Waals surface area (Å²) in [5.41, 5.74) is 2.58. The van der Waals surface area contributed by atoms with Crippen molar-refractivity contribution in [1.82, 2.24) is 4.90 Å².